The van der Waals surface area contributed by atoms with Crippen LogP contribution in [0.5, 0.6) is 11.8 Å². The summed E-state index contributed by atoms with van der Waals surface area (Å²) in [5.74, 6) is 0.240. The number of ether oxygens (including phenoxy) is 2. The fourth-order valence-electron chi connectivity index (χ4n) is 9.07. The van der Waals surface area contributed by atoms with Gasteiger partial charge in [0, 0.05) is 49.4 Å². The number of benzene rings is 3. The number of carboxylic acid groups (broad SMARTS) is 1. The molecule has 11 nitrogen and oxygen atoms in total. The van der Waals surface area contributed by atoms with Crippen LogP contribution in [0, 0.1) is 17.2 Å². The molecule has 9 rings (SSSR count). The van der Waals surface area contributed by atoms with Gasteiger partial charge in [-0.25, -0.2) is 4.98 Å². The molecule has 12 heteroatoms. The van der Waals surface area contributed by atoms with Gasteiger partial charge in [0.15, 0.2) is 5.58 Å². The van der Waals surface area contributed by atoms with E-state index in [1.165, 1.54) is 0 Å². The zero-order chi connectivity index (χ0) is 37.1. The number of halogens is 1. The van der Waals surface area contributed by atoms with Gasteiger partial charge in [-0.05, 0) is 91.1 Å². The van der Waals surface area contributed by atoms with Gasteiger partial charge in [0.2, 0.25) is 17.7 Å². The zero-order valence-corrected chi connectivity index (χ0v) is 30.7. The Balaban J connectivity index is 0.990. The van der Waals surface area contributed by atoms with Gasteiger partial charge in [-0.15, -0.1) is 0 Å². The van der Waals surface area contributed by atoms with Crippen molar-refractivity contribution in [1.82, 2.24) is 19.8 Å². The van der Waals surface area contributed by atoms with Gasteiger partial charge in [-0.1, -0.05) is 41.9 Å². The third-order valence-electron chi connectivity index (χ3n) is 11.7. The van der Waals surface area contributed by atoms with Crippen molar-refractivity contribution in [2.24, 2.45) is 5.92 Å². The minimum atomic E-state index is -0.756. The van der Waals surface area contributed by atoms with E-state index in [1.807, 2.05) is 42.5 Å². The number of rotatable bonds is 9. The van der Waals surface area contributed by atoms with Crippen LogP contribution in [0.2, 0.25) is 5.02 Å². The third kappa shape index (κ3) is 6.07. The van der Waals surface area contributed by atoms with Gasteiger partial charge in [0.25, 0.3) is 0 Å². The molecule has 0 bridgehead atoms. The van der Waals surface area contributed by atoms with E-state index in [9.17, 15) is 20.3 Å². The second kappa shape index (κ2) is 14.0. The molecule has 5 aromatic rings. The summed E-state index contributed by atoms with van der Waals surface area (Å²) in [5.41, 5.74) is 9.24. The number of oxazole rings is 1. The molecule has 276 valence electrons. The lowest BCUT2D eigenvalue weighted by atomic mass is 9.95. The topological polar surface area (TPSA) is 145 Å². The average Bonchev–Trinajstić information content (AvgIpc) is 4.02. The van der Waals surface area contributed by atoms with E-state index in [0.29, 0.717) is 77.5 Å². The van der Waals surface area contributed by atoms with E-state index in [4.69, 9.17) is 35.5 Å². The fraction of sp³-hybridized carbons (Fsp3) is 0.381. The number of nitriles is 1. The number of carbonyl (C=O) groups is 1. The number of methoxy groups -OCH3 is 1. The van der Waals surface area contributed by atoms with Crippen LogP contribution in [0.1, 0.15) is 71.2 Å². The maximum atomic E-state index is 11.7. The first-order valence-electron chi connectivity index (χ1n) is 18.6. The Morgan fingerprint density at radius 2 is 1.80 bits per heavy atom. The predicted molar refractivity (Wildman–Crippen MR) is 201 cm³/mol. The molecule has 4 atom stereocenters. The molecule has 2 aliphatic heterocycles. The number of hydrogen-bond acceptors (Lipinski definition) is 10. The van der Waals surface area contributed by atoms with Gasteiger partial charge in [0.1, 0.15) is 23.3 Å². The van der Waals surface area contributed by atoms with Crippen molar-refractivity contribution >= 4 is 28.7 Å². The van der Waals surface area contributed by atoms with Crippen LogP contribution >= 0.6 is 11.6 Å². The number of aromatic nitrogens is 2. The first kappa shape index (κ1) is 34.8. The maximum absolute atomic E-state index is 11.7. The number of β-amino-alcohol motifs (C(OH)–C–C–N with tert-alkyl or cyclic N) is 1. The largest absolute Gasteiger partial charge is 0.481 e. The Kier molecular flexibility index (Phi) is 9.02. The van der Waals surface area contributed by atoms with Crippen LogP contribution in [-0.4, -0.2) is 75.3 Å². The number of fused-ring (bicyclic) bond motifs is 3. The molecule has 0 saturated carbocycles. The van der Waals surface area contributed by atoms with Crippen molar-refractivity contribution < 1.29 is 28.9 Å². The average molecular weight is 746 g/mol. The number of likely N-dealkylation sites (tertiary alicyclic amines) is 2. The lowest BCUT2D eigenvalue weighted by molar-refractivity contribution is -0.141. The molecule has 54 heavy (non-hydrogen) atoms. The summed E-state index contributed by atoms with van der Waals surface area (Å²) in [7, 11) is 1.61. The zero-order valence-electron chi connectivity index (χ0n) is 29.9. The molecule has 0 spiro atoms. The van der Waals surface area contributed by atoms with E-state index in [-0.39, 0.29) is 24.2 Å². The van der Waals surface area contributed by atoms with Crippen LogP contribution in [0.4, 0.5) is 0 Å². The minimum absolute atomic E-state index is 0.0497. The van der Waals surface area contributed by atoms with Crippen molar-refractivity contribution in [3.05, 3.63) is 93.0 Å². The second-order valence-corrected chi connectivity index (χ2v) is 15.2. The quantitative estimate of drug-likeness (QED) is 0.159. The summed E-state index contributed by atoms with van der Waals surface area (Å²) in [6.07, 6.45) is 4.06. The highest BCUT2D eigenvalue weighted by Crippen LogP contribution is 2.46. The van der Waals surface area contributed by atoms with Gasteiger partial charge in [-0.3, -0.25) is 14.6 Å². The van der Waals surface area contributed by atoms with Crippen LogP contribution < -0.4 is 9.47 Å². The second-order valence-electron chi connectivity index (χ2n) is 14.9. The molecule has 4 aliphatic rings. The summed E-state index contributed by atoms with van der Waals surface area (Å²) in [4.78, 5) is 25.7. The smallest absolute Gasteiger partial charge is 0.307 e. The molecule has 2 fully saturated rings. The number of aliphatic hydroxyl groups is 1. The molecule has 3 aromatic carbocycles. The highest BCUT2D eigenvalue weighted by Gasteiger charge is 2.38. The Labute approximate surface area is 317 Å². The third-order valence-corrected chi connectivity index (χ3v) is 12.1. The number of carboxylic acids is 1. The van der Waals surface area contributed by atoms with E-state index in [1.54, 1.807) is 7.11 Å². The molecule has 0 amide bonds. The molecule has 0 radical (unpaired) electrons. The SMILES string of the molecule is COc1nc(O[C@H]2CCc3c(-c4cccc(-c5nc6cc7c(c(C#N)c6o5)CCC7N5CC[C@@H](C(=O)O)C5)c4Cl)cccc32)ccc1CN1CC[C@@H](O)C1. The van der Waals surface area contributed by atoms with Crippen molar-refractivity contribution in [3.63, 3.8) is 0 Å². The Morgan fingerprint density at radius 3 is 2.57 bits per heavy atom. The molecular weight excluding hydrogens is 706 g/mol. The first-order chi connectivity index (χ1) is 26.3. The molecule has 2 aromatic heterocycles. The standard InChI is InChI=1S/C42H40ClN5O6/c1-52-40-23(20-47-16-15-25(49)22-47)8-13-37(46-40)53-36-12-10-27-26(4-2-5-29(27)36)30-6-3-7-31(38(30)43)41-45-34-18-32-28(33(19-44)39(34)54-41)9-11-35(32)48-17-14-24(21-48)42(50)51/h2-8,13,18,24-25,35-36,49H,9-12,14-17,20-22H2,1H3,(H,50,51)/t24-,25-,35?,36+/m1/s1. The van der Waals surface area contributed by atoms with Gasteiger partial charge in [-0.2, -0.15) is 10.2 Å². The molecule has 1 unspecified atom stereocenters. The summed E-state index contributed by atoms with van der Waals surface area (Å²) in [5, 5.41) is 30.3. The Bertz CT molecular complexity index is 2340. The Hall–Kier alpha value is -4.99. The number of nitrogens with zero attached hydrogens (tertiary/aromatic N) is 5. The van der Waals surface area contributed by atoms with Crippen LogP contribution in [0.25, 0.3) is 33.7 Å². The van der Waals surface area contributed by atoms with Crippen molar-refractivity contribution in [3.8, 4) is 40.4 Å². The number of aliphatic carboxylic acids is 1. The van der Waals surface area contributed by atoms with Crippen molar-refractivity contribution in [2.75, 3.05) is 33.3 Å². The molecule has 4 heterocycles. The summed E-state index contributed by atoms with van der Waals surface area (Å²) < 4.78 is 18.5. The first-order valence-corrected chi connectivity index (χ1v) is 19.0. The maximum Gasteiger partial charge on any atom is 0.307 e. The Morgan fingerprint density at radius 1 is 0.981 bits per heavy atom. The summed E-state index contributed by atoms with van der Waals surface area (Å²) in [6.45, 7) is 3.37. The van der Waals surface area contributed by atoms with Crippen molar-refractivity contribution in [2.45, 2.75) is 63.3 Å². The highest BCUT2D eigenvalue weighted by molar-refractivity contribution is 6.36. The normalized spacial score (nSPS) is 22.4. The van der Waals surface area contributed by atoms with Crippen LogP contribution in [0.3, 0.4) is 0 Å². The molecule has 2 aliphatic carbocycles. The number of pyridine rings is 1. The van der Waals surface area contributed by atoms with E-state index < -0.39 is 5.97 Å². The predicted octanol–water partition coefficient (Wildman–Crippen LogP) is 7.12. The summed E-state index contributed by atoms with van der Waals surface area (Å²) >= 11 is 7.22. The lowest BCUT2D eigenvalue weighted by Crippen LogP contribution is -2.26. The monoisotopic (exact) mass is 745 g/mol. The van der Waals surface area contributed by atoms with Crippen molar-refractivity contribution in [1.29, 1.82) is 5.26 Å². The van der Waals surface area contributed by atoms with Gasteiger partial charge >= 0.3 is 5.97 Å². The van der Waals surface area contributed by atoms with Crippen LogP contribution in [0.15, 0.2) is 59.0 Å². The van der Waals surface area contributed by atoms with E-state index in [0.717, 1.165) is 77.6 Å². The molecule has 2 saturated heterocycles. The summed E-state index contributed by atoms with van der Waals surface area (Å²) in [6, 6.07) is 20.4. The van der Waals surface area contributed by atoms with E-state index in [2.05, 4.69) is 28.0 Å². The van der Waals surface area contributed by atoms with E-state index >= 15 is 0 Å². The van der Waals surface area contributed by atoms with Crippen LogP contribution in [-0.2, 0) is 24.2 Å². The number of hydrogen-bond donors (Lipinski definition) is 2. The lowest BCUT2D eigenvalue weighted by Gasteiger charge is -2.24. The van der Waals surface area contributed by atoms with Gasteiger partial charge < -0.3 is 24.1 Å². The van der Waals surface area contributed by atoms with Gasteiger partial charge in [0.05, 0.1) is 29.7 Å². The molecule has 2 N–H and O–H groups in total. The minimum Gasteiger partial charge on any atom is -0.481 e. The molecular formula is C42H40ClN5O6. The number of aliphatic hydroxyl groups excluding tert-OH is 1. The highest BCUT2D eigenvalue weighted by atomic mass is 35.5. The fourth-order valence-corrected chi connectivity index (χ4v) is 9.37.